The van der Waals surface area contributed by atoms with Gasteiger partial charge < -0.3 is 0 Å². The molecule has 4 aromatic rings. The number of hydrogen-bond donors (Lipinski definition) is 0. The van der Waals surface area contributed by atoms with Crippen LogP contribution in [-0.4, -0.2) is 55.1 Å². The minimum Gasteiger partial charge on any atom is -0.295 e. The van der Waals surface area contributed by atoms with E-state index in [1.54, 1.807) is 21.3 Å². The first kappa shape index (κ1) is 40.6. The topological polar surface area (TPSA) is 76.3 Å². The van der Waals surface area contributed by atoms with Crippen LogP contribution >= 0.6 is 31.9 Å². The smallest absolute Gasteiger partial charge is 0.261 e. The summed E-state index contributed by atoms with van der Waals surface area (Å²) < 4.78 is 33.7. The molecule has 4 atom stereocenters. The Morgan fingerprint density at radius 1 is 0.692 bits per heavy atom. The zero-order valence-electron chi connectivity index (χ0n) is 31.5. The van der Waals surface area contributed by atoms with Crippen LogP contribution in [0.4, 0.5) is 8.78 Å². The molecule has 2 aliphatic heterocycles. The highest BCUT2D eigenvalue weighted by molar-refractivity contribution is 9.10. The lowest BCUT2D eigenvalue weighted by Gasteiger charge is -2.37. The molecule has 0 spiro atoms. The van der Waals surface area contributed by atoms with E-state index in [-0.39, 0.29) is 34.2 Å². The fourth-order valence-corrected chi connectivity index (χ4v) is 9.03. The van der Waals surface area contributed by atoms with E-state index in [0.717, 1.165) is 64.7 Å². The summed E-state index contributed by atoms with van der Waals surface area (Å²) in [5.41, 5.74) is 0.0610. The Morgan fingerprint density at radius 2 is 1.08 bits per heavy atom. The second-order valence-corrected chi connectivity index (χ2v) is 16.5. The summed E-state index contributed by atoms with van der Waals surface area (Å²) in [7, 11) is 0. The summed E-state index contributed by atoms with van der Waals surface area (Å²) >= 11 is 6.56. The molecule has 0 saturated carbocycles. The van der Waals surface area contributed by atoms with E-state index < -0.39 is 11.6 Å². The van der Waals surface area contributed by atoms with Gasteiger partial charge in [-0.3, -0.25) is 28.5 Å². The Hall–Kier alpha value is -2.54. The number of rotatable bonds is 10. The van der Waals surface area contributed by atoms with Crippen LogP contribution in [0.25, 0.3) is 21.8 Å². The second kappa shape index (κ2) is 18.2. The third-order valence-corrected chi connectivity index (χ3v) is 11.5. The average Bonchev–Trinajstić information content (AvgIpc) is 3.10. The number of hydrogen-bond acceptors (Lipinski definition) is 6. The highest BCUT2D eigenvalue weighted by atomic mass is 79.9. The molecule has 0 N–H and O–H groups in total. The zero-order chi connectivity index (χ0) is 37.7. The van der Waals surface area contributed by atoms with Gasteiger partial charge >= 0.3 is 0 Å². The number of nitrogens with zero attached hydrogens (tertiary/aromatic N) is 6. The standard InChI is InChI=1S/2C20H27BrFN3O/c2*1-4-7-17(24-9-6-8-13(3)12-24)19-23-18-15(20(26)25(19)5-2)10-14(21)11-16(18)22/h2*10-11,13,17H,4-9,12H2,1-3H3/t13-,17+;13-,17-/m00/s1. The van der Waals surface area contributed by atoms with Crippen LogP contribution < -0.4 is 11.1 Å². The molecule has 2 fully saturated rings. The fraction of sp³-hybridized carbons (Fsp3) is 0.600. The number of halogens is 4. The monoisotopic (exact) mass is 846 g/mol. The first-order chi connectivity index (χ1) is 24.9. The van der Waals surface area contributed by atoms with Crippen LogP contribution in [0.15, 0.2) is 42.8 Å². The van der Waals surface area contributed by atoms with Crippen molar-refractivity contribution in [1.29, 1.82) is 0 Å². The van der Waals surface area contributed by atoms with Crippen LogP contribution in [-0.2, 0) is 13.1 Å². The number of aromatic nitrogens is 4. The first-order valence-electron chi connectivity index (χ1n) is 19.2. The first-order valence-corrected chi connectivity index (χ1v) is 20.8. The molecule has 0 aliphatic carbocycles. The number of benzene rings is 2. The van der Waals surface area contributed by atoms with E-state index >= 15 is 0 Å². The minimum absolute atomic E-state index is 0.0582. The van der Waals surface area contributed by atoms with Crippen LogP contribution in [0.2, 0.25) is 0 Å². The summed E-state index contributed by atoms with van der Waals surface area (Å²) in [5.74, 6) is 1.80. The van der Waals surface area contributed by atoms with Crippen molar-refractivity contribution in [2.24, 2.45) is 11.8 Å². The van der Waals surface area contributed by atoms with E-state index in [4.69, 9.17) is 9.97 Å². The molecular weight excluding hydrogens is 794 g/mol. The normalized spacial score (nSPS) is 19.8. The Labute approximate surface area is 323 Å². The number of fused-ring (bicyclic) bond motifs is 2. The molecule has 4 heterocycles. The summed E-state index contributed by atoms with van der Waals surface area (Å²) in [5, 5.41) is 0.675. The molecule has 0 unspecified atom stereocenters. The predicted molar refractivity (Wildman–Crippen MR) is 214 cm³/mol. The molecule has 2 aromatic heterocycles. The molecule has 8 nitrogen and oxygen atoms in total. The van der Waals surface area contributed by atoms with Crippen LogP contribution in [0, 0.1) is 23.5 Å². The summed E-state index contributed by atoms with van der Waals surface area (Å²) in [6.07, 6.45) is 8.63. The van der Waals surface area contributed by atoms with Crippen molar-refractivity contribution in [2.45, 2.75) is 118 Å². The van der Waals surface area contributed by atoms with Gasteiger partial charge in [0.15, 0.2) is 11.6 Å². The maximum atomic E-state index is 14.5. The molecule has 2 aliphatic rings. The van der Waals surface area contributed by atoms with Gasteiger partial charge in [-0.05, 0) is 102 Å². The van der Waals surface area contributed by atoms with Crippen LogP contribution in [0.3, 0.4) is 0 Å². The van der Waals surface area contributed by atoms with Gasteiger partial charge in [0.25, 0.3) is 11.1 Å². The van der Waals surface area contributed by atoms with Gasteiger partial charge in [-0.2, -0.15) is 0 Å². The molecule has 284 valence electrons. The third-order valence-electron chi connectivity index (χ3n) is 10.6. The predicted octanol–water partition coefficient (Wildman–Crippen LogP) is 9.78. The Morgan fingerprint density at radius 3 is 1.40 bits per heavy atom. The van der Waals surface area contributed by atoms with Gasteiger partial charge in [-0.1, -0.05) is 72.4 Å². The fourth-order valence-electron chi connectivity index (χ4n) is 8.17. The Kier molecular flexibility index (Phi) is 14.2. The van der Waals surface area contributed by atoms with Crippen LogP contribution in [0.1, 0.15) is 117 Å². The minimum atomic E-state index is -0.446. The van der Waals surface area contributed by atoms with Gasteiger partial charge in [0.2, 0.25) is 0 Å². The van der Waals surface area contributed by atoms with Crippen molar-refractivity contribution in [1.82, 2.24) is 28.9 Å². The molecule has 0 radical (unpaired) electrons. The summed E-state index contributed by atoms with van der Waals surface area (Å²) in [6.45, 7) is 17.8. The lowest BCUT2D eigenvalue weighted by atomic mass is 9.97. The Balaban J connectivity index is 0.000000201. The van der Waals surface area contributed by atoms with Crippen molar-refractivity contribution >= 4 is 53.7 Å². The SMILES string of the molecule is CCC[C@@H](c1nc2c(F)cc(Br)cc2c(=O)n1CC)N1CCC[C@H](C)C1.CCC[C@H](c1nc2c(F)cc(Br)cc2c(=O)n1CC)N1CCC[C@H](C)C1. The van der Waals surface area contributed by atoms with E-state index in [9.17, 15) is 18.4 Å². The number of likely N-dealkylation sites (tertiary alicyclic amines) is 2. The van der Waals surface area contributed by atoms with Gasteiger partial charge in [-0.25, -0.2) is 18.7 Å². The lowest BCUT2D eigenvalue weighted by molar-refractivity contribution is 0.114. The van der Waals surface area contributed by atoms with Crippen molar-refractivity contribution in [2.75, 3.05) is 26.2 Å². The van der Waals surface area contributed by atoms with Crippen LogP contribution in [0.5, 0.6) is 0 Å². The quantitative estimate of drug-likeness (QED) is 0.158. The van der Waals surface area contributed by atoms with Crippen molar-refractivity contribution in [3.05, 3.63) is 77.2 Å². The summed E-state index contributed by atoms with van der Waals surface area (Å²) in [6, 6.07) is 6.22. The Bertz CT molecular complexity index is 1840. The molecule has 12 heteroatoms. The van der Waals surface area contributed by atoms with Gasteiger partial charge in [0.05, 0.1) is 22.9 Å². The number of piperidine rings is 2. The molecule has 52 heavy (non-hydrogen) atoms. The van der Waals surface area contributed by atoms with Crippen molar-refractivity contribution in [3.63, 3.8) is 0 Å². The zero-order valence-corrected chi connectivity index (χ0v) is 34.7. The van der Waals surface area contributed by atoms with Crippen molar-refractivity contribution in [3.8, 4) is 0 Å². The molecule has 0 bridgehead atoms. The van der Waals surface area contributed by atoms with E-state index in [2.05, 4.69) is 69.4 Å². The molecule has 2 saturated heterocycles. The van der Waals surface area contributed by atoms with Gasteiger partial charge in [0, 0.05) is 35.1 Å². The average molecular weight is 849 g/mol. The van der Waals surface area contributed by atoms with E-state index in [1.165, 1.54) is 25.0 Å². The molecule has 0 amide bonds. The maximum Gasteiger partial charge on any atom is 0.261 e. The molecular formula is C40H54Br2F2N6O2. The summed E-state index contributed by atoms with van der Waals surface area (Å²) in [4.78, 5) is 40.4. The van der Waals surface area contributed by atoms with Gasteiger partial charge in [-0.15, -0.1) is 0 Å². The van der Waals surface area contributed by atoms with Crippen molar-refractivity contribution < 1.29 is 8.78 Å². The highest BCUT2D eigenvalue weighted by Crippen LogP contribution is 2.32. The molecule has 2 aromatic carbocycles. The van der Waals surface area contributed by atoms with E-state index in [1.807, 2.05) is 13.8 Å². The van der Waals surface area contributed by atoms with E-state index in [0.29, 0.717) is 56.3 Å². The largest absolute Gasteiger partial charge is 0.295 e. The second-order valence-electron chi connectivity index (χ2n) is 14.7. The highest BCUT2D eigenvalue weighted by Gasteiger charge is 2.30. The third kappa shape index (κ3) is 8.87. The maximum absolute atomic E-state index is 14.5. The lowest BCUT2D eigenvalue weighted by Crippen LogP contribution is -2.40. The van der Waals surface area contributed by atoms with Gasteiger partial charge in [0.1, 0.15) is 22.7 Å². The molecule has 6 rings (SSSR count).